The summed E-state index contributed by atoms with van der Waals surface area (Å²) in [5, 5.41) is 28.0. The highest BCUT2D eigenvalue weighted by Crippen LogP contribution is 2.29. The number of rotatable bonds is 5. The minimum Gasteiger partial charge on any atom is -0.350 e. The average molecular weight is 472 g/mol. The number of hydrogen-bond donors (Lipinski definition) is 3. The van der Waals surface area contributed by atoms with E-state index >= 15 is 0 Å². The second kappa shape index (κ2) is 10.8. The fourth-order valence-corrected chi connectivity index (χ4v) is 3.71. The first-order chi connectivity index (χ1) is 16.2. The lowest BCUT2D eigenvalue weighted by Gasteiger charge is -2.33. The fraction of sp³-hybridized carbons (Fsp3) is 0.409. The zero-order valence-corrected chi connectivity index (χ0v) is 18.2. The molecule has 1 fully saturated rings. The average Bonchev–Trinajstić information content (AvgIpc) is 2.80. The molecule has 34 heavy (non-hydrogen) atoms. The van der Waals surface area contributed by atoms with Gasteiger partial charge in [-0.05, 0) is 30.4 Å². The van der Waals surface area contributed by atoms with Gasteiger partial charge in [0.2, 0.25) is 5.91 Å². The molecule has 3 aliphatic rings. The van der Waals surface area contributed by atoms with E-state index in [0.717, 1.165) is 18.9 Å². The van der Waals surface area contributed by atoms with Crippen LogP contribution in [0.15, 0.2) is 56.9 Å². The first kappa shape index (κ1) is 24.7. The van der Waals surface area contributed by atoms with Gasteiger partial charge in [-0.2, -0.15) is 28.8 Å². The normalized spacial score (nSPS) is 23.9. The Hall–Kier alpha value is -3.90. The maximum absolute atomic E-state index is 13.2. The molecule has 0 aromatic heterocycles. The molecule has 0 aliphatic carbocycles. The number of halogens is 3. The van der Waals surface area contributed by atoms with Crippen LogP contribution in [0, 0.1) is 28.6 Å². The third kappa shape index (κ3) is 6.11. The van der Waals surface area contributed by atoms with E-state index < -0.39 is 18.0 Å². The molecule has 1 saturated heterocycles. The van der Waals surface area contributed by atoms with E-state index in [0.29, 0.717) is 25.8 Å². The topological polar surface area (TPSA) is 129 Å². The number of aliphatic imine (C=N–C) groups is 1. The maximum atomic E-state index is 13.2. The number of amides is 1. The van der Waals surface area contributed by atoms with Crippen LogP contribution in [-0.2, 0) is 4.79 Å². The second-order valence-corrected chi connectivity index (χ2v) is 7.86. The summed E-state index contributed by atoms with van der Waals surface area (Å²) in [6.45, 7) is 5.46. The molecule has 0 bridgehead atoms. The van der Waals surface area contributed by atoms with Gasteiger partial charge in [0.15, 0.2) is 6.29 Å². The third-order valence-electron chi connectivity index (χ3n) is 5.58. The SMILES string of the molecule is C=C1/C=C(C(F)(F)F)\C=N/NC=C1C1=C(C#N)C=NC(NCC2CCN(C(=O)CC#N)CC2)N1. The molecule has 0 aromatic carbocycles. The van der Waals surface area contributed by atoms with Crippen molar-refractivity contribution in [2.75, 3.05) is 19.6 Å². The van der Waals surface area contributed by atoms with Crippen LogP contribution in [0.25, 0.3) is 0 Å². The summed E-state index contributed by atoms with van der Waals surface area (Å²) in [6, 6.07) is 3.86. The predicted octanol–water partition coefficient (Wildman–Crippen LogP) is 1.98. The number of alkyl halides is 3. The smallest absolute Gasteiger partial charge is 0.350 e. The molecule has 3 N–H and O–H groups in total. The lowest BCUT2D eigenvalue weighted by molar-refractivity contribution is -0.131. The largest absolute Gasteiger partial charge is 0.417 e. The van der Waals surface area contributed by atoms with Gasteiger partial charge in [0.05, 0.1) is 29.1 Å². The van der Waals surface area contributed by atoms with Gasteiger partial charge in [0.25, 0.3) is 0 Å². The van der Waals surface area contributed by atoms with Crippen molar-refractivity contribution in [1.82, 2.24) is 21.0 Å². The molecular formula is C22H23F3N8O. The van der Waals surface area contributed by atoms with Crippen molar-refractivity contribution in [1.29, 1.82) is 10.5 Å². The Morgan fingerprint density at radius 3 is 2.68 bits per heavy atom. The number of nitrogens with one attached hydrogen (secondary N) is 3. The van der Waals surface area contributed by atoms with Gasteiger partial charge in [-0.15, -0.1) is 0 Å². The summed E-state index contributed by atoms with van der Waals surface area (Å²) >= 11 is 0. The number of nitrogens with zero attached hydrogens (tertiary/aromatic N) is 5. The number of hydrogen-bond acceptors (Lipinski definition) is 8. The van der Waals surface area contributed by atoms with Gasteiger partial charge >= 0.3 is 6.18 Å². The Balaban J connectivity index is 1.65. The van der Waals surface area contributed by atoms with Gasteiger partial charge in [0.1, 0.15) is 12.5 Å². The summed E-state index contributed by atoms with van der Waals surface area (Å²) < 4.78 is 39.6. The van der Waals surface area contributed by atoms with Gasteiger partial charge in [-0.25, -0.2) is 0 Å². The molecule has 0 radical (unpaired) electrons. The molecule has 3 aliphatic heterocycles. The highest BCUT2D eigenvalue weighted by atomic mass is 19.4. The van der Waals surface area contributed by atoms with E-state index in [1.165, 1.54) is 12.4 Å². The van der Waals surface area contributed by atoms with Crippen molar-refractivity contribution >= 4 is 18.3 Å². The Morgan fingerprint density at radius 1 is 1.29 bits per heavy atom. The van der Waals surface area contributed by atoms with Gasteiger partial charge in [-0.3, -0.25) is 20.5 Å². The van der Waals surface area contributed by atoms with E-state index in [-0.39, 0.29) is 40.7 Å². The molecule has 3 heterocycles. The van der Waals surface area contributed by atoms with Crippen LogP contribution in [-0.4, -0.2) is 55.3 Å². The first-order valence-electron chi connectivity index (χ1n) is 10.5. The molecule has 178 valence electrons. The Labute approximate surface area is 194 Å². The number of carbonyl (C=O) groups is 1. The fourth-order valence-electron chi connectivity index (χ4n) is 3.71. The summed E-state index contributed by atoms with van der Waals surface area (Å²) in [4.78, 5) is 17.8. The van der Waals surface area contributed by atoms with E-state index in [2.05, 4.69) is 32.7 Å². The molecule has 0 saturated carbocycles. The molecule has 9 nitrogen and oxygen atoms in total. The highest BCUT2D eigenvalue weighted by molar-refractivity contribution is 5.88. The number of carbonyl (C=O) groups excluding carboxylic acids is 1. The summed E-state index contributed by atoms with van der Waals surface area (Å²) in [7, 11) is 0. The molecule has 0 aromatic rings. The number of piperidine rings is 1. The third-order valence-corrected chi connectivity index (χ3v) is 5.58. The number of nitriles is 2. The minimum atomic E-state index is -4.61. The molecular weight excluding hydrogens is 449 g/mol. The van der Waals surface area contributed by atoms with Crippen molar-refractivity contribution in [2.24, 2.45) is 16.0 Å². The van der Waals surface area contributed by atoms with Crippen LogP contribution in [0.2, 0.25) is 0 Å². The van der Waals surface area contributed by atoms with Crippen molar-refractivity contribution in [2.45, 2.75) is 31.7 Å². The minimum absolute atomic E-state index is 0.0460. The van der Waals surface area contributed by atoms with Gasteiger partial charge < -0.3 is 10.2 Å². The zero-order chi connectivity index (χ0) is 24.7. The summed E-state index contributed by atoms with van der Waals surface area (Å²) in [6.07, 6.45) is 0.447. The highest BCUT2D eigenvalue weighted by Gasteiger charge is 2.33. The van der Waals surface area contributed by atoms with Crippen LogP contribution in [0.4, 0.5) is 13.2 Å². The Kier molecular flexibility index (Phi) is 7.87. The van der Waals surface area contributed by atoms with E-state index in [1.807, 2.05) is 12.1 Å². The van der Waals surface area contributed by atoms with Crippen LogP contribution in [0.5, 0.6) is 0 Å². The summed E-state index contributed by atoms with van der Waals surface area (Å²) in [5.74, 6) is 0.108. The number of likely N-dealkylation sites (tertiary alicyclic amines) is 1. The van der Waals surface area contributed by atoms with Gasteiger partial charge in [-0.1, -0.05) is 6.58 Å². The quantitative estimate of drug-likeness (QED) is 0.561. The first-order valence-corrected chi connectivity index (χ1v) is 10.5. The van der Waals surface area contributed by atoms with Crippen LogP contribution < -0.4 is 16.1 Å². The molecule has 1 atom stereocenters. The maximum Gasteiger partial charge on any atom is 0.417 e. The molecule has 1 amide bonds. The Bertz CT molecular complexity index is 1060. The number of hydrazone groups is 1. The molecule has 12 heteroatoms. The lowest BCUT2D eigenvalue weighted by atomic mass is 9.96. The van der Waals surface area contributed by atoms with E-state index in [1.54, 1.807) is 4.90 Å². The molecule has 1 unspecified atom stereocenters. The van der Waals surface area contributed by atoms with E-state index in [9.17, 15) is 23.2 Å². The molecule has 3 rings (SSSR count). The van der Waals surface area contributed by atoms with Crippen LogP contribution in [0.3, 0.4) is 0 Å². The second-order valence-electron chi connectivity index (χ2n) is 7.86. The van der Waals surface area contributed by atoms with Gasteiger partial charge in [0, 0.05) is 37.6 Å². The summed E-state index contributed by atoms with van der Waals surface area (Å²) in [5.41, 5.74) is 2.17. The monoisotopic (exact) mass is 472 g/mol. The van der Waals surface area contributed by atoms with Crippen LogP contribution >= 0.6 is 0 Å². The van der Waals surface area contributed by atoms with Crippen molar-refractivity contribution < 1.29 is 18.0 Å². The standard InChI is InChI=1S/C22H23F3N8O/c1-14-8-17(22(23,24)25)12-30-31-13-18(14)20-16(9-27)11-29-21(32-20)28-10-15-3-6-33(7-4-15)19(34)2-5-26/h8,11-13,15,21,28,31-32H,1-4,6-7,10H2/b17-8+,18-13?,30-12-. The lowest BCUT2D eigenvalue weighted by Crippen LogP contribution is -2.47. The van der Waals surface area contributed by atoms with E-state index in [4.69, 9.17) is 5.26 Å². The Morgan fingerprint density at radius 2 is 2.03 bits per heavy atom. The predicted molar refractivity (Wildman–Crippen MR) is 119 cm³/mol. The van der Waals surface area contributed by atoms with Crippen molar-refractivity contribution in [3.8, 4) is 12.1 Å². The van der Waals surface area contributed by atoms with Crippen LogP contribution in [0.1, 0.15) is 19.3 Å². The molecule has 0 spiro atoms. The zero-order valence-electron chi connectivity index (χ0n) is 18.2. The number of allylic oxidation sites excluding steroid dienone is 4. The van der Waals surface area contributed by atoms with Crippen molar-refractivity contribution in [3.05, 3.63) is 46.8 Å². The van der Waals surface area contributed by atoms with Crippen molar-refractivity contribution in [3.63, 3.8) is 0 Å².